The van der Waals surface area contributed by atoms with Crippen molar-refractivity contribution in [2.24, 2.45) is 5.41 Å². The van der Waals surface area contributed by atoms with Gasteiger partial charge in [-0.25, -0.2) is 14.4 Å². The van der Waals surface area contributed by atoms with Crippen LogP contribution in [-0.4, -0.2) is 105 Å². The smallest absolute Gasteiger partial charge is 0.341 e. The van der Waals surface area contributed by atoms with Crippen LogP contribution in [0.1, 0.15) is 37.5 Å². The fraction of sp³-hybridized carbons (Fsp3) is 0.441. The summed E-state index contributed by atoms with van der Waals surface area (Å²) in [4.78, 5) is 66.5. The van der Waals surface area contributed by atoms with Crippen LogP contribution >= 0.6 is 0 Å². The summed E-state index contributed by atoms with van der Waals surface area (Å²) in [7, 11) is 4.86. The number of nitrogens with zero attached hydrogens (tertiary/aromatic N) is 2. The third-order valence-corrected chi connectivity index (χ3v) is 7.66. The Bertz CT molecular complexity index is 1470. The van der Waals surface area contributed by atoms with E-state index < -0.39 is 53.8 Å². The van der Waals surface area contributed by atoms with E-state index in [1.54, 1.807) is 37.4 Å². The number of carbonyl (C=O) groups is 5. The summed E-state index contributed by atoms with van der Waals surface area (Å²) >= 11 is 0. The van der Waals surface area contributed by atoms with E-state index in [4.69, 9.17) is 28.8 Å². The van der Waals surface area contributed by atoms with E-state index in [-0.39, 0.29) is 25.4 Å². The zero-order valence-electron chi connectivity index (χ0n) is 27.4. The molecule has 0 radical (unpaired) electrons. The number of esters is 2. The lowest BCUT2D eigenvalue weighted by Gasteiger charge is -2.39. The van der Waals surface area contributed by atoms with Crippen LogP contribution in [-0.2, 0) is 39.9 Å². The minimum Gasteiger partial charge on any atom is -0.493 e. The van der Waals surface area contributed by atoms with Crippen LogP contribution in [0.3, 0.4) is 0 Å². The largest absolute Gasteiger partial charge is 0.493 e. The molecule has 0 bridgehead atoms. The third kappa shape index (κ3) is 10.0. The Morgan fingerprint density at radius 3 is 2.43 bits per heavy atom. The molecule has 0 saturated carbocycles. The van der Waals surface area contributed by atoms with Gasteiger partial charge in [0.15, 0.2) is 18.1 Å². The second-order valence-corrected chi connectivity index (χ2v) is 11.7. The van der Waals surface area contributed by atoms with E-state index in [9.17, 15) is 24.0 Å². The second-order valence-electron chi connectivity index (χ2n) is 11.7. The highest BCUT2D eigenvalue weighted by Gasteiger charge is 2.43. The summed E-state index contributed by atoms with van der Waals surface area (Å²) in [5, 5.41) is 9.05. The summed E-state index contributed by atoms with van der Waals surface area (Å²) < 4.78 is 27.2. The normalized spacial score (nSPS) is 15.6. The zero-order valence-corrected chi connectivity index (χ0v) is 27.4. The first-order valence-electron chi connectivity index (χ1n) is 15.0. The van der Waals surface area contributed by atoms with Gasteiger partial charge in [-0.15, -0.1) is 0 Å². The number of methoxy groups -OCH3 is 2. The Hall–Kier alpha value is -4.91. The van der Waals surface area contributed by atoms with Gasteiger partial charge in [0.05, 0.1) is 19.6 Å². The van der Waals surface area contributed by atoms with Crippen LogP contribution in [0.4, 0.5) is 0 Å². The number of carbonyl (C=O) groups excluding carboxylic acids is 4. The lowest BCUT2D eigenvalue weighted by molar-refractivity contribution is -0.166. The minimum atomic E-state index is -1.36. The van der Waals surface area contributed by atoms with Crippen molar-refractivity contribution in [1.82, 2.24) is 9.80 Å². The van der Waals surface area contributed by atoms with Crippen molar-refractivity contribution in [1.29, 1.82) is 0 Å². The first-order valence-corrected chi connectivity index (χ1v) is 15.0. The van der Waals surface area contributed by atoms with Gasteiger partial charge in [0.1, 0.15) is 24.5 Å². The number of amides is 1. The van der Waals surface area contributed by atoms with E-state index in [2.05, 4.69) is 6.58 Å². The highest BCUT2D eigenvalue weighted by molar-refractivity contribution is 6.38. The van der Waals surface area contributed by atoms with E-state index >= 15 is 0 Å². The Morgan fingerprint density at radius 1 is 1.04 bits per heavy atom. The minimum absolute atomic E-state index is 0.0954. The molecular formula is C34H42N2O11. The van der Waals surface area contributed by atoms with Gasteiger partial charge in [-0.1, -0.05) is 24.8 Å². The molecule has 2 aromatic rings. The SMILES string of the molecule is C=CC(=O)OCC(C)(C)C(=O)C(=O)N1CCN(C)C[C@H]1C(=O)O[C@H](CCc1ccc(OC)c(OC)c1)c1cccc(OCC(=O)O)c1. The van der Waals surface area contributed by atoms with Crippen LogP contribution < -0.4 is 14.2 Å². The molecule has 0 aliphatic carbocycles. The predicted molar refractivity (Wildman–Crippen MR) is 169 cm³/mol. The Labute approximate surface area is 274 Å². The Balaban J connectivity index is 1.88. The van der Waals surface area contributed by atoms with Crippen LogP contribution in [0.2, 0.25) is 0 Å². The molecule has 1 amide bonds. The standard InChI is InChI=1S/C34H42N2O11/c1-7-30(39)46-21-34(2,3)31(40)32(41)36-16-15-35(4)19-25(36)33(42)47-26(23-9-8-10-24(18-23)45-20-29(37)38)13-11-22-12-14-27(43-5)28(17-22)44-6/h7-10,12,14,17-18,25-26H,1,11,13,15-16,19-21H2,2-6H3,(H,37,38)/t25-,26+/m0/s1. The molecule has 1 aliphatic heterocycles. The number of carboxylic acid groups (broad SMARTS) is 1. The maximum atomic E-state index is 13.9. The summed E-state index contributed by atoms with van der Waals surface area (Å²) in [6, 6.07) is 10.9. The van der Waals surface area contributed by atoms with Gasteiger partial charge in [0, 0.05) is 25.7 Å². The fourth-order valence-electron chi connectivity index (χ4n) is 4.96. The molecule has 2 atom stereocenters. The number of benzene rings is 2. The summed E-state index contributed by atoms with van der Waals surface area (Å²) in [6.07, 6.45) is 0.881. The van der Waals surface area contributed by atoms with Crippen molar-refractivity contribution in [2.75, 3.05) is 54.1 Å². The number of aliphatic carboxylic acids is 1. The zero-order chi connectivity index (χ0) is 34.7. The van der Waals surface area contributed by atoms with Crippen LogP contribution in [0, 0.1) is 5.41 Å². The van der Waals surface area contributed by atoms with Crippen LogP contribution in [0.15, 0.2) is 55.1 Å². The third-order valence-electron chi connectivity index (χ3n) is 7.66. The predicted octanol–water partition coefficient (Wildman–Crippen LogP) is 2.85. The number of hydrogen-bond acceptors (Lipinski definition) is 11. The molecule has 1 fully saturated rings. The number of ketones is 1. The van der Waals surface area contributed by atoms with E-state index in [0.717, 1.165) is 11.6 Å². The van der Waals surface area contributed by atoms with Gasteiger partial charge in [-0.2, -0.15) is 0 Å². The molecule has 1 N–H and O–H groups in total. The first kappa shape index (κ1) is 36.6. The van der Waals surface area contributed by atoms with E-state index in [1.165, 1.54) is 33.0 Å². The van der Waals surface area contributed by atoms with Gasteiger partial charge in [0.25, 0.3) is 5.91 Å². The van der Waals surface area contributed by atoms with E-state index in [1.807, 2.05) is 17.0 Å². The van der Waals surface area contributed by atoms with Crippen molar-refractivity contribution in [3.63, 3.8) is 0 Å². The Morgan fingerprint density at radius 2 is 1.77 bits per heavy atom. The molecular weight excluding hydrogens is 612 g/mol. The maximum absolute atomic E-state index is 13.9. The number of piperazine rings is 1. The van der Waals surface area contributed by atoms with Gasteiger partial charge in [-0.3, -0.25) is 9.59 Å². The summed E-state index contributed by atoms with van der Waals surface area (Å²) in [5.74, 6) is -2.92. The number of rotatable bonds is 16. The van der Waals surface area contributed by atoms with Gasteiger partial charge < -0.3 is 38.6 Å². The van der Waals surface area contributed by atoms with Gasteiger partial charge in [-0.05, 0) is 69.1 Å². The molecule has 0 spiro atoms. The van der Waals surface area contributed by atoms with Gasteiger partial charge in [0.2, 0.25) is 5.78 Å². The molecule has 254 valence electrons. The average molecular weight is 655 g/mol. The van der Waals surface area contributed by atoms with Gasteiger partial charge >= 0.3 is 17.9 Å². The van der Waals surface area contributed by atoms with Crippen molar-refractivity contribution in [3.05, 3.63) is 66.2 Å². The lowest BCUT2D eigenvalue weighted by atomic mass is 9.87. The molecule has 1 heterocycles. The monoisotopic (exact) mass is 654 g/mol. The van der Waals surface area contributed by atoms with Crippen molar-refractivity contribution in [3.8, 4) is 17.2 Å². The summed E-state index contributed by atoms with van der Waals surface area (Å²) in [6.45, 7) is 6.03. The molecule has 1 aliphatic rings. The highest BCUT2D eigenvalue weighted by atomic mass is 16.5. The number of aryl methyl sites for hydroxylation is 1. The fourth-order valence-corrected chi connectivity index (χ4v) is 4.96. The first-order chi connectivity index (χ1) is 22.3. The maximum Gasteiger partial charge on any atom is 0.341 e. The number of hydrogen-bond donors (Lipinski definition) is 1. The molecule has 2 aromatic carbocycles. The molecule has 1 saturated heterocycles. The molecule has 0 unspecified atom stereocenters. The topological polar surface area (TPSA) is 158 Å². The summed E-state index contributed by atoms with van der Waals surface area (Å²) in [5.41, 5.74) is 0.0671. The molecule has 3 rings (SSSR count). The number of ether oxygens (including phenoxy) is 5. The molecule has 0 aromatic heterocycles. The number of carboxylic acids is 1. The van der Waals surface area contributed by atoms with Crippen LogP contribution in [0.25, 0.3) is 0 Å². The van der Waals surface area contributed by atoms with E-state index in [0.29, 0.717) is 36.4 Å². The quantitative estimate of drug-likeness (QED) is 0.161. The number of likely N-dealkylation sites (N-methyl/N-ethyl adjacent to an activating group) is 1. The second kappa shape index (κ2) is 16.6. The van der Waals surface area contributed by atoms with Crippen LogP contribution in [0.5, 0.6) is 17.2 Å². The molecule has 47 heavy (non-hydrogen) atoms. The average Bonchev–Trinajstić information content (AvgIpc) is 3.07. The Kier molecular flexibility index (Phi) is 12.9. The van der Waals surface area contributed by atoms with Crippen molar-refractivity contribution >= 4 is 29.6 Å². The highest BCUT2D eigenvalue weighted by Crippen LogP contribution is 2.32. The lowest BCUT2D eigenvalue weighted by Crippen LogP contribution is -2.60. The van der Waals surface area contributed by atoms with Crippen molar-refractivity contribution in [2.45, 2.75) is 38.8 Å². The molecule has 13 heteroatoms. The number of Topliss-reactive ketones (excluding diaryl/α,β-unsaturated/α-hetero) is 1. The van der Waals surface area contributed by atoms with Crippen molar-refractivity contribution < 1.29 is 52.8 Å². The molecule has 13 nitrogen and oxygen atoms in total.